The molecule has 1 heterocycles. The van der Waals surface area contributed by atoms with Crippen LogP contribution in [0.1, 0.15) is 27.2 Å². The summed E-state index contributed by atoms with van der Waals surface area (Å²) in [6, 6.07) is 9.77. The van der Waals surface area contributed by atoms with E-state index in [9.17, 15) is 20.0 Å². The Morgan fingerprint density at radius 3 is 2.46 bits per heavy atom. The van der Waals surface area contributed by atoms with Crippen molar-refractivity contribution < 1.29 is 19.6 Å². The molecular formula is C19H22N2O5. The first kappa shape index (κ1) is 18.0. The largest absolute Gasteiger partial charge is 0.488 e. The summed E-state index contributed by atoms with van der Waals surface area (Å²) in [6.45, 7) is 6.38. The van der Waals surface area contributed by atoms with Gasteiger partial charge in [0.05, 0.1) is 16.4 Å². The molecular weight excluding hydrogens is 336 g/mol. The summed E-state index contributed by atoms with van der Waals surface area (Å²) in [4.78, 5) is 23.9. The number of nitro groups is 1. The zero-order valence-corrected chi connectivity index (χ0v) is 15.0. The zero-order valence-electron chi connectivity index (χ0n) is 15.0. The molecule has 2 atom stereocenters. The maximum Gasteiger partial charge on any atom is 0.407 e. The average molecular weight is 358 g/mol. The van der Waals surface area contributed by atoms with Crippen LogP contribution in [0.15, 0.2) is 36.4 Å². The molecule has 3 rings (SSSR count). The topological polar surface area (TPSA) is 92.9 Å². The van der Waals surface area contributed by atoms with Gasteiger partial charge in [0.1, 0.15) is 11.9 Å². The van der Waals surface area contributed by atoms with Crippen molar-refractivity contribution in [3.8, 4) is 5.75 Å². The van der Waals surface area contributed by atoms with Crippen LogP contribution in [0.5, 0.6) is 5.75 Å². The lowest BCUT2D eigenvalue weighted by Crippen LogP contribution is -2.48. The number of carboxylic acid groups (broad SMARTS) is 1. The molecule has 0 saturated carbocycles. The highest BCUT2D eigenvalue weighted by Crippen LogP contribution is 2.38. The number of ether oxygens (including phenoxy) is 1. The van der Waals surface area contributed by atoms with Crippen LogP contribution in [0.3, 0.4) is 0 Å². The second-order valence-corrected chi connectivity index (χ2v) is 7.62. The number of non-ortho nitro benzene ring substituents is 1. The Morgan fingerprint density at radius 2 is 1.88 bits per heavy atom. The molecule has 138 valence electrons. The average Bonchev–Trinajstić information content (AvgIpc) is 2.99. The first-order chi connectivity index (χ1) is 12.2. The highest BCUT2D eigenvalue weighted by atomic mass is 16.6. The monoisotopic (exact) mass is 358 g/mol. The minimum absolute atomic E-state index is 0.0268. The van der Waals surface area contributed by atoms with E-state index in [1.807, 2.05) is 20.8 Å². The van der Waals surface area contributed by atoms with Crippen LogP contribution < -0.4 is 4.74 Å². The molecule has 2 aromatic rings. The van der Waals surface area contributed by atoms with Crippen molar-refractivity contribution in [1.82, 2.24) is 4.90 Å². The minimum atomic E-state index is -0.954. The Hall–Kier alpha value is -2.83. The fourth-order valence-electron chi connectivity index (χ4n) is 3.81. The van der Waals surface area contributed by atoms with E-state index in [4.69, 9.17) is 4.74 Å². The molecule has 1 fully saturated rings. The molecule has 0 radical (unpaired) electrons. The molecule has 0 aromatic heterocycles. The maximum absolute atomic E-state index is 11.6. The number of nitro benzene ring substituents is 1. The van der Waals surface area contributed by atoms with Crippen LogP contribution in [0.25, 0.3) is 10.8 Å². The van der Waals surface area contributed by atoms with E-state index in [1.165, 1.54) is 11.0 Å². The van der Waals surface area contributed by atoms with Gasteiger partial charge in [0.2, 0.25) is 0 Å². The molecule has 1 aliphatic heterocycles. The number of amides is 1. The van der Waals surface area contributed by atoms with Gasteiger partial charge in [-0.2, -0.15) is 0 Å². The van der Waals surface area contributed by atoms with Crippen LogP contribution in [0.2, 0.25) is 0 Å². The van der Waals surface area contributed by atoms with Crippen LogP contribution in [-0.4, -0.2) is 39.7 Å². The number of hydrogen-bond acceptors (Lipinski definition) is 4. The van der Waals surface area contributed by atoms with E-state index in [-0.39, 0.29) is 23.2 Å². The standard InChI is InChI=1S/C19H22N2O5/c1-19(2,3)17-16(10-11-20(17)18(22)23)26-15-9-8-14(21(24)25)12-6-4-5-7-13(12)15/h4-9,16-17H,10-11H2,1-3H3,(H,22,23)/t16-,17?/m1/s1. The summed E-state index contributed by atoms with van der Waals surface area (Å²) in [5.41, 5.74) is -0.269. The third kappa shape index (κ3) is 3.16. The van der Waals surface area contributed by atoms with Gasteiger partial charge >= 0.3 is 6.09 Å². The van der Waals surface area contributed by atoms with Crippen molar-refractivity contribution in [3.05, 3.63) is 46.5 Å². The Kier molecular flexibility index (Phi) is 4.48. The second kappa shape index (κ2) is 6.48. The number of hydrogen-bond donors (Lipinski definition) is 1. The van der Waals surface area contributed by atoms with Crippen molar-refractivity contribution in [3.63, 3.8) is 0 Å². The van der Waals surface area contributed by atoms with Gasteiger partial charge in [-0.05, 0) is 17.5 Å². The van der Waals surface area contributed by atoms with Gasteiger partial charge in [-0.3, -0.25) is 10.1 Å². The van der Waals surface area contributed by atoms with Crippen LogP contribution >= 0.6 is 0 Å². The minimum Gasteiger partial charge on any atom is -0.488 e. The SMILES string of the molecule is CC(C)(C)C1[C@H](Oc2ccc([N+](=O)[O-])c3ccccc23)CCN1C(=O)O. The van der Waals surface area contributed by atoms with Gasteiger partial charge in [0, 0.05) is 24.4 Å². The number of benzene rings is 2. The number of fused-ring (bicyclic) bond motifs is 1. The molecule has 1 aliphatic rings. The van der Waals surface area contributed by atoms with E-state index in [2.05, 4.69) is 0 Å². The lowest BCUT2D eigenvalue weighted by molar-refractivity contribution is -0.383. The van der Waals surface area contributed by atoms with E-state index in [0.717, 1.165) is 0 Å². The van der Waals surface area contributed by atoms with Crippen molar-refractivity contribution in [2.45, 2.75) is 39.3 Å². The van der Waals surface area contributed by atoms with Gasteiger partial charge in [-0.25, -0.2) is 4.79 Å². The van der Waals surface area contributed by atoms with E-state index >= 15 is 0 Å². The maximum atomic E-state index is 11.6. The third-order valence-electron chi connectivity index (χ3n) is 4.81. The van der Waals surface area contributed by atoms with Gasteiger partial charge in [0.15, 0.2) is 0 Å². The first-order valence-corrected chi connectivity index (χ1v) is 8.52. The van der Waals surface area contributed by atoms with Crippen LogP contribution in [0, 0.1) is 15.5 Å². The second-order valence-electron chi connectivity index (χ2n) is 7.62. The Bertz CT molecular complexity index is 859. The predicted molar refractivity (Wildman–Crippen MR) is 97.6 cm³/mol. The molecule has 2 aromatic carbocycles. The Labute approximate surface area is 151 Å². The summed E-state index contributed by atoms with van der Waals surface area (Å²) in [7, 11) is 0. The van der Waals surface area contributed by atoms with Gasteiger partial charge in [0.25, 0.3) is 5.69 Å². The summed E-state index contributed by atoms with van der Waals surface area (Å²) < 4.78 is 6.22. The Balaban J connectivity index is 2.00. The fourth-order valence-corrected chi connectivity index (χ4v) is 3.81. The molecule has 0 bridgehead atoms. The Morgan fingerprint density at radius 1 is 1.23 bits per heavy atom. The molecule has 1 amide bonds. The molecule has 0 spiro atoms. The van der Waals surface area contributed by atoms with E-state index in [0.29, 0.717) is 29.5 Å². The normalized spacial score (nSPS) is 20.3. The molecule has 1 saturated heterocycles. The van der Waals surface area contributed by atoms with E-state index < -0.39 is 11.0 Å². The highest BCUT2D eigenvalue weighted by Gasteiger charge is 2.45. The van der Waals surface area contributed by atoms with E-state index in [1.54, 1.807) is 30.3 Å². The van der Waals surface area contributed by atoms with Crippen LogP contribution in [-0.2, 0) is 0 Å². The zero-order chi connectivity index (χ0) is 19.1. The van der Waals surface area contributed by atoms with Gasteiger partial charge in [-0.1, -0.05) is 39.0 Å². The molecule has 7 nitrogen and oxygen atoms in total. The molecule has 1 N–H and O–H groups in total. The van der Waals surface area contributed by atoms with Gasteiger partial charge in [-0.15, -0.1) is 0 Å². The van der Waals surface area contributed by atoms with Crippen molar-refractivity contribution >= 4 is 22.6 Å². The van der Waals surface area contributed by atoms with Crippen molar-refractivity contribution in [1.29, 1.82) is 0 Å². The number of likely N-dealkylation sites (tertiary alicyclic amines) is 1. The lowest BCUT2D eigenvalue weighted by Gasteiger charge is -2.36. The molecule has 0 aliphatic carbocycles. The summed E-state index contributed by atoms with van der Waals surface area (Å²) in [6.07, 6.45) is -0.680. The summed E-state index contributed by atoms with van der Waals surface area (Å²) in [5, 5.41) is 21.9. The first-order valence-electron chi connectivity index (χ1n) is 8.52. The summed E-state index contributed by atoms with van der Waals surface area (Å²) >= 11 is 0. The quantitative estimate of drug-likeness (QED) is 0.652. The molecule has 1 unspecified atom stereocenters. The number of rotatable bonds is 3. The van der Waals surface area contributed by atoms with Crippen molar-refractivity contribution in [2.75, 3.05) is 6.54 Å². The van der Waals surface area contributed by atoms with Gasteiger partial charge < -0.3 is 14.7 Å². The van der Waals surface area contributed by atoms with Crippen LogP contribution in [0.4, 0.5) is 10.5 Å². The molecule has 26 heavy (non-hydrogen) atoms. The fraction of sp³-hybridized carbons (Fsp3) is 0.421. The number of carbonyl (C=O) groups is 1. The lowest BCUT2D eigenvalue weighted by atomic mass is 9.84. The summed E-state index contributed by atoms with van der Waals surface area (Å²) in [5.74, 6) is 0.540. The third-order valence-corrected chi connectivity index (χ3v) is 4.81. The highest BCUT2D eigenvalue weighted by molar-refractivity contribution is 5.95. The predicted octanol–water partition coefficient (Wildman–Crippen LogP) is 4.29. The smallest absolute Gasteiger partial charge is 0.407 e. The number of nitrogens with zero attached hydrogens (tertiary/aromatic N) is 2. The van der Waals surface area contributed by atoms with Crippen molar-refractivity contribution in [2.24, 2.45) is 5.41 Å². The molecule has 7 heteroatoms.